The predicted molar refractivity (Wildman–Crippen MR) is 178 cm³/mol. The Bertz CT molecular complexity index is 1720. The van der Waals surface area contributed by atoms with Gasteiger partial charge < -0.3 is 15.0 Å². The molecule has 0 aliphatic rings. The Morgan fingerprint density at radius 3 is 2.11 bits per heavy atom. The molecule has 0 aliphatic carbocycles. The molecular formula is C34H35Cl2N3O5S. The molecule has 4 aromatic carbocycles. The maximum absolute atomic E-state index is 14.5. The highest BCUT2D eigenvalue weighted by Crippen LogP contribution is 2.33. The van der Waals surface area contributed by atoms with E-state index in [2.05, 4.69) is 5.32 Å². The minimum atomic E-state index is -4.26. The van der Waals surface area contributed by atoms with E-state index >= 15 is 0 Å². The smallest absolute Gasteiger partial charge is 0.264 e. The van der Waals surface area contributed by atoms with Crippen molar-refractivity contribution in [1.29, 1.82) is 0 Å². The topological polar surface area (TPSA) is 96.0 Å². The summed E-state index contributed by atoms with van der Waals surface area (Å²) in [6.07, 6.45) is 0.177. The van der Waals surface area contributed by atoms with Crippen LogP contribution in [0.4, 0.5) is 5.69 Å². The van der Waals surface area contributed by atoms with E-state index in [1.807, 2.05) is 44.2 Å². The fourth-order valence-electron chi connectivity index (χ4n) is 4.84. The number of benzene rings is 4. The summed E-state index contributed by atoms with van der Waals surface area (Å²) >= 11 is 12.7. The lowest BCUT2D eigenvalue weighted by molar-refractivity contribution is -0.140. The molecule has 2 amide bonds. The molecule has 1 N–H and O–H groups in total. The van der Waals surface area contributed by atoms with Crippen LogP contribution in [0, 0.1) is 0 Å². The molecule has 0 saturated carbocycles. The van der Waals surface area contributed by atoms with Gasteiger partial charge in [-0.3, -0.25) is 13.9 Å². The van der Waals surface area contributed by atoms with E-state index in [0.717, 1.165) is 9.87 Å². The van der Waals surface area contributed by atoms with E-state index in [1.54, 1.807) is 60.7 Å². The maximum Gasteiger partial charge on any atom is 0.264 e. The fourth-order valence-corrected chi connectivity index (χ4v) is 6.75. The second-order valence-electron chi connectivity index (χ2n) is 10.6. The van der Waals surface area contributed by atoms with Crippen LogP contribution in [-0.2, 0) is 32.6 Å². The minimum Gasteiger partial charge on any atom is -0.495 e. The first-order chi connectivity index (χ1) is 21.5. The first-order valence-corrected chi connectivity index (χ1v) is 16.5. The second-order valence-corrected chi connectivity index (χ2v) is 13.3. The zero-order chi connectivity index (χ0) is 32.6. The molecule has 236 valence electrons. The number of ether oxygens (including phenoxy) is 1. The summed E-state index contributed by atoms with van der Waals surface area (Å²) < 4.78 is 34.8. The minimum absolute atomic E-state index is 0.00520. The van der Waals surface area contributed by atoms with Crippen LogP contribution in [0.1, 0.15) is 25.0 Å². The Hall–Kier alpha value is -4.05. The van der Waals surface area contributed by atoms with Crippen molar-refractivity contribution in [1.82, 2.24) is 10.2 Å². The third kappa shape index (κ3) is 8.57. The predicted octanol–water partition coefficient (Wildman–Crippen LogP) is 6.36. The van der Waals surface area contributed by atoms with Crippen molar-refractivity contribution in [3.8, 4) is 5.75 Å². The van der Waals surface area contributed by atoms with Crippen molar-refractivity contribution >= 4 is 50.7 Å². The maximum atomic E-state index is 14.5. The number of sulfonamides is 1. The summed E-state index contributed by atoms with van der Waals surface area (Å²) in [6.45, 7) is 2.96. The molecule has 0 aromatic heterocycles. The Morgan fingerprint density at radius 1 is 0.867 bits per heavy atom. The van der Waals surface area contributed by atoms with Gasteiger partial charge in [0.05, 0.1) is 17.7 Å². The molecule has 11 heteroatoms. The number of hydrogen-bond donors (Lipinski definition) is 1. The zero-order valence-corrected chi connectivity index (χ0v) is 27.5. The lowest BCUT2D eigenvalue weighted by Crippen LogP contribution is -2.54. The summed E-state index contributed by atoms with van der Waals surface area (Å²) in [4.78, 5) is 29.7. The van der Waals surface area contributed by atoms with Crippen molar-refractivity contribution in [3.63, 3.8) is 0 Å². The number of carbonyl (C=O) groups excluding carboxylic acids is 2. The van der Waals surface area contributed by atoms with Gasteiger partial charge in [-0.05, 0) is 61.4 Å². The van der Waals surface area contributed by atoms with Crippen LogP contribution in [0.3, 0.4) is 0 Å². The van der Waals surface area contributed by atoms with Crippen LogP contribution in [0.25, 0.3) is 0 Å². The van der Waals surface area contributed by atoms with E-state index in [4.69, 9.17) is 27.9 Å². The Labute approximate surface area is 274 Å². The molecule has 0 saturated heterocycles. The second kappa shape index (κ2) is 15.3. The Morgan fingerprint density at radius 2 is 1.49 bits per heavy atom. The lowest BCUT2D eigenvalue weighted by atomic mass is 10.0. The van der Waals surface area contributed by atoms with Crippen LogP contribution in [0.5, 0.6) is 5.75 Å². The third-order valence-electron chi connectivity index (χ3n) is 7.02. The van der Waals surface area contributed by atoms with Gasteiger partial charge in [0.1, 0.15) is 18.3 Å². The molecule has 8 nitrogen and oxygen atoms in total. The molecule has 45 heavy (non-hydrogen) atoms. The third-order valence-corrected chi connectivity index (χ3v) is 9.38. The standard InChI is InChI=1S/C34H35Cl2N3O5S/c1-24(2)37-34(41)31(20-25-12-6-4-7-13-25)38(22-26-18-19-27(35)21-29(26)36)33(40)23-39(30-16-10-11-17-32(30)44-3)45(42,43)28-14-8-5-9-15-28/h4-19,21,24,31H,20,22-23H2,1-3H3,(H,37,41)/t31-/m1/s1. The summed E-state index contributed by atoms with van der Waals surface area (Å²) in [5.41, 5.74) is 1.53. The molecule has 4 rings (SSSR count). The van der Waals surface area contributed by atoms with E-state index in [9.17, 15) is 18.0 Å². The molecule has 0 unspecified atom stereocenters. The summed E-state index contributed by atoms with van der Waals surface area (Å²) in [5.74, 6) is -0.746. The van der Waals surface area contributed by atoms with Gasteiger partial charge in [-0.1, -0.05) is 89.9 Å². The molecule has 0 spiro atoms. The van der Waals surface area contributed by atoms with Gasteiger partial charge in [-0.25, -0.2) is 8.42 Å². The zero-order valence-electron chi connectivity index (χ0n) is 25.2. The summed E-state index contributed by atoms with van der Waals surface area (Å²) in [7, 11) is -2.84. The molecule has 0 radical (unpaired) electrons. The highest BCUT2D eigenvalue weighted by Gasteiger charge is 2.36. The van der Waals surface area contributed by atoms with Gasteiger partial charge in [0, 0.05) is 29.1 Å². The number of hydrogen-bond acceptors (Lipinski definition) is 5. The molecule has 0 aliphatic heterocycles. The number of nitrogens with zero attached hydrogens (tertiary/aromatic N) is 2. The van der Waals surface area contributed by atoms with Gasteiger partial charge in [-0.15, -0.1) is 0 Å². The van der Waals surface area contributed by atoms with Crippen molar-refractivity contribution < 1.29 is 22.7 Å². The molecule has 1 atom stereocenters. The number of halogens is 2. The molecule has 0 heterocycles. The summed E-state index contributed by atoms with van der Waals surface area (Å²) in [6, 6.07) is 27.4. The number of amides is 2. The van der Waals surface area contributed by atoms with E-state index in [1.165, 1.54) is 24.1 Å². The average molecular weight is 669 g/mol. The number of para-hydroxylation sites is 2. The summed E-state index contributed by atoms with van der Waals surface area (Å²) in [5, 5.41) is 3.65. The van der Waals surface area contributed by atoms with Crippen LogP contribution < -0.4 is 14.4 Å². The van der Waals surface area contributed by atoms with Gasteiger partial charge in [0.15, 0.2) is 0 Å². The Balaban J connectivity index is 1.85. The van der Waals surface area contributed by atoms with Crippen molar-refractivity contribution in [2.45, 2.75) is 43.8 Å². The van der Waals surface area contributed by atoms with Crippen LogP contribution >= 0.6 is 23.2 Å². The first-order valence-electron chi connectivity index (χ1n) is 14.3. The number of carbonyl (C=O) groups is 2. The molecule has 0 bridgehead atoms. The van der Waals surface area contributed by atoms with Crippen molar-refractivity contribution in [2.24, 2.45) is 0 Å². The van der Waals surface area contributed by atoms with E-state index in [0.29, 0.717) is 15.6 Å². The average Bonchev–Trinajstić information content (AvgIpc) is 3.02. The van der Waals surface area contributed by atoms with Gasteiger partial charge in [0.2, 0.25) is 11.8 Å². The van der Waals surface area contributed by atoms with Crippen molar-refractivity contribution in [2.75, 3.05) is 18.0 Å². The highest BCUT2D eigenvalue weighted by atomic mass is 35.5. The van der Waals surface area contributed by atoms with Gasteiger partial charge in [-0.2, -0.15) is 0 Å². The normalized spacial score (nSPS) is 12.0. The fraction of sp³-hybridized carbons (Fsp3) is 0.235. The molecule has 0 fully saturated rings. The molecule has 4 aromatic rings. The van der Waals surface area contributed by atoms with Gasteiger partial charge in [0.25, 0.3) is 10.0 Å². The number of methoxy groups -OCH3 is 1. The highest BCUT2D eigenvalue weighted by molar-refractivity contribution is 7.92. The largest absolute Gasteiger partial charge is 0.495 e. The number of anilines is 1. The monoisotopic (exact) mass is 667 g/mol. The lowest BCUT2D eigenvalue weighted by Gasteiger charge is -2.34. The van der Waals surface area contributed by atoms with Gasteiger partial charge >= 0.3 is 0 Å². The van der Waals surface area contributed by atoms with E-state index < -0.39 is 28.5 Å². The Kier molecular flexibility index (Phi) is 11.5. The SMILES string of the molecule is COc1ccccc1N(CC(=O)N(Cc1ccc(Cl)cc1Cl)[C@H](Cc1ccccc1)C(=O)NC(C)C)S(=O)(=O)c1ccccc1. The first kappa shape index (κ1) is 33.8. The quantitative estimate of drug-likeness (QED) is 0.179. The van der Waals surface area contributed by atoms with Crippen molar-refractivity contribution in [3.05, 3.63) is 124 Å². The number of rotatable bonds is 13. The molecular weight excluding hydrogens is 633 g/mol. The van der Waals surface area contributed by atoms with Crippen LogP contribution in [-0.4, -0.2) is 50.9 Å². The van der Waals surface area contributed by atoms with Crippen LogP contribution in [0.15, 0.2) is 108 Å². The van der Waals surface area contributed by atoms with Crippen LogP contribution in [0.2, 0.25) is 10.0 Å². The van der Waals surface area contributed by atoms with E-state index in [-0.39, 0.29) is 41.2 Å². The number of nitrogens with one attached hydrogen (secondary N) is 1.